The largest absolute Gasteiger partial charge is 0.367 e. The highest BCUT2D eigenvalue weighted by Crippen LogP contribution is 2.38. The third kappa shape index (κ3) is 1.81. The van der Waals surface area contributed by atoms with Gasteiger partial charge in [-0.05, 0) is 26.7 Å². The van der Waals surface area contributed by atoms with Crippen molar-refractivity contribution >= 4 is 6.29 Å². The summed E-state index contributed by atoms with van der Waals surface area (Å²) in [7, 11) is 0. The molecule has 1 heterocycles. The normalized spacial score (nSPS) is 28.0. The van der Waals surface area contributed by atoms with E-state index in [9.17, 15) is 4.79 Å². The molecule has 0 bridgehead atoms. The summed E-state index contributed by atoms with van der Waals surface area (Å²) in [5.74, 6) is 0. The second-order valence-corrected chi connectivity index (χ2v) is 3.31. The highest BCUT2D eigenvalue weighted by molar-refractivity contribution is 5.48. The van der Waals surface area contributed by atoms with Crippen LogP contribution < -0.4 is 0 Å². The SMILES string of the molecule is CC1(C)O[C@H]1CCCC=O. The standard InChI is InChI=1S/C8H14O2/c1-8(2)7(10-8)5-3-4-6-9/h6-7H,3-5H2,1-2H3/t7-/m0/s1. The molecule has 1 rings (SSSR count). The maximum absolute atomic E-state index is 9.93. The van der Waals surface area contributed by atoms with Crippen LogP contribution in [0.15, 0.2) is 0 Å². The molecule has 0 aliphatic carbocycles. The first-order valence-corrected chi connectivity index (χ1v) is 3.78. The Morgan fingerprint density at radius 3 is 2.60 bits per heavy atom. The van der Waals surface area contributed by atoms with Crippen molar-refractivity contribution in [2.24, 2.45) is 0 Å². The third-order valence-corrected chi connectivity index (χ3v) is 1.95. The van der Waals surface area contributed by atoms with Crippen molar-refractivity contribution in [3.63, 3.8) is 0 Å². The van der Waals surface area contributed by atoms with E-state index in [4.69, 9.17) is 4.74 Å². The first kappa shape index (κ1) is 7.73. The van der Waals surface area contributed by atoms with Gasteiger partial charge in [-0.1, -0.05) is 0 Å². The molecule has 2 heteroatoms. The van der Waals surface area contributed by atoms with Crippen LogP contribution in [0.2, 0.25) is 0 Å². The topological polar surface area (TPSA) is 29.6 Å². The van der Waals surface area contributed by atoms with Gasteiger partial charge in [0.05, 0.1) is 11.7 Å². The van der Waals surface area contributed by atoms with E-state index in [1.165, 1.54) is 0 Å². The highest BCUT2D eigenvalue weighted by atomic mass is 16.6. The lowest BCUT2D eigenvalue weighted by molar-refractivity contribution is -0.107. The molecule has 1 aliphatic rings. The number of aldehydes is 1. The van der Waals surface area contributed by atoms with Crippen LogP contribution in [0, 0.1) is 0 Å². The van der Waals surface area contributed by atoms with Gasteiger partial charge in [0.2, 0.25) is 0 Å². The second-order valence-electron chi connectivity index (χ2n) is 3.31. The first-order valence-electron chi connectivity index (χ1n) is 3.78. The minimum absolute atomic E-state index is 0.100. The molecule has 0 radical (unpaired) electrons. The van der Waals surface area contributed by atoms with Gasteiger partial charge in [0.15, 0.2) is 0 Å². The summed E-state index contributed by atoms with van der Waals surface area (Å²) < 4.78 is 5.33. The predicted molar refractivity (Wildman–Crippen MR) is 38.9 cm³/mol. The van der Waals surface area contributed by atoms with Gasteiger partial charge in [0, 0.05) is 6.42 Å². The fourth-order valence-corrected chi connectivity index (χ4v) is 1.13. The van der Waals surface area contributed by atoms with Gasteiger partial charge in [-0.25, -0.2) is 0 Å². The monoisotopic (exact) mass is 142 g/mol. The van der Waals surface area contributed by atoms with Crippen molar-refractivity contribution in [2.75, 3.05) is 0 Å². The highest BCUT2D eigenvalue weighted by Gasteiger charge is 2.46. The third-order valence-electron chi connectivity index (χ3n) is 1.95. The molecule has 0 spiro atoms. The molecule has 10 heavy (non-hydrogen) atoms. The Hall–Kier alpha value is -0.370. The van der Waals surface area contributed by atoms with Gasteiger partial charge in [-0.2, -0.15) is 0 Å². The molecule has 58 valence electrons. The van der Waals surface area contributed by atoms with E-state index in [1.807, 2.05) is 0 Å². The smallest absolute Gasteiger partial charge is 0.119 e. The summed E-state index contributed by atoms with van der Waals surface area (Å²) in [6.07, 6.45) is 4.06. The van der Waals surface area contributed by atoms with Crippen molar-refractivity contribution in [1.82, 2.24) is 0 Å². The lowest BCUT2D eigenvalue weighted by Crippen LogP contribution is -2.02. The molecule has 1 saturated heterocycles. The average Bonchev–Trinajstić information content (AvgIpc) is 2.41. The Bertz CT molecular complexity index is 129. The first-order chi connectivity index (χ1) is 4.67. The fraction of sp³-hybridized carbons (Fsp3) is 0.875. The molecule has 0 amide bonds. The summed E-state index contributed by atoms with van der Waals surface area (Å²) in [5, 5.41) is 0. The molecule has 0 unspecified atom stereocenters. The maximum Gasteiger partial charge on any atom is 0.119 e. The van der Waals surface area contributed by atoms with Gasteiger partial charge in [-0.15, -0.1) is 0 Å². The minimum atomic E-state index is 0.100. The number of rotatable bonds is 4. The van der Waals surface area contributed by atoms with Crippen molar-refractivity contribution in [2.45, 2.75) is 44.8 Å². The summed E-state index contributed by atoms with van der Waals surface area (Å²) in [6, 6.07) is 0. The van der Waals surface area contributed by atoms with Crippen LogP contribution in [0.5, 0.6) is 0 Å². The molecule has 2 nitrogen and oxygen atoms in total. The summed E-state index contributed by atoms with van der Waals surface area (Å²) in [5.41, 5.74) is 0.100. The van der Waals surface area contributed by atoms with Crippen LogP contribution >= 0.6 is 0 Å². The molecule has 0 N–H and O–H groups in total. The van der Waals surface area contributed by atoms with Gasteiger partial charge in [0.1, 0.15) is 6.29 Å². The van der Waals surface area contributed by atoms with Gasteiger partial charge >= 0.3 is 0 Å². The number of unbranched alkanes of at least 4 members (excludes halogenated alkanes) is 1. The van der Waals surface area contributed by atoms with Crippen molar-refractivity contribution in [1.29, 1.82) is 0 Å². The number of hydrogen-bond donors (Lipinski definition) is 0. The molecule has 1 fully saturated rings. The Balaban J connectivity index is 2.02. The van der Waals surface area contributed by atoms with E-state index in [-0.39, 0.29) is 5.60 Å². The molecular weight excluding hydrogens is 128 g/mol. The van der Waals surface area contributed by atoms with E-state index < -0.39 is 0 Å². The summed E-state index contributed by atoms with van der Waals surface area (Å²) in [6.45, 7) is 4.16. The number of ether oxygens (including phenoxy) is 1. The fourth-order valence-electron chi connectivity index (χ4n) is 1.13. The minimum Gasteiger partial charge on any atom is -0.367 e. The molecule has 0 aromatic heterocycles. The zero-order chi connectivity index (χ0) is 7.61. The van der Waals surface area contributed by atoms with Gasteiger partial charge in [0.25, 0.3) is 0 Å². The van der Waals surface area contributed by atoms with E-state index >= 15 is 0 Å². The quantitative estimate of drug-likeness (QED) is 0.338. The Morgan fingerprint density at radius 2 is 2.20 bits per heavy atom. The summed E-state index contributed by atoms with van der Waals surface area (Å²) >= 11 is 0. The molecule has 0 aromatic carbocycles. The molecule has 1 aliphatic heterocycles. The number of epoxide rings is 1. The number of carbonyl (C=O) groups is 1. The Kier molecular flexibility index (Phi) is 2.09. The molecule has 0 aromatic rings. The van der Waals surface area contributed by atoms with Crippen LogP contribution in [0.1, 0.15) is 33.1 Å². The van der Waals surface area contributed by atoms with Crippen molar-refractivity contribution in [3.8, 4) is 0 Å². The van der Waals surface area contributed by atoms with Gasteiger partial charge < -0.3 is 9.53 Å². The van der Waals surface area contributed by atoms with Gasteiger partial charge in [-0.3, -0.25) is 0 Å². The lowest BCUT2D eigenvalue weighted by atomic mass is 10.1. The van der Waals surface area contributed by atoms with Crippen LogP contribution in [-0.4, -0.2) is 18.0 Å². The van der Waals surface area contributed by atoms with E-state index in [0.717, 1.165) is 19.1 Å². The Labute approximate surface area is 61.6 Å². The molecule has 1 atom stereocenters. The van der Waals surface area contributed by atoms with Crippen LogP contribution in [0.3, 0.4) is 0 Å². The average molecular weight is 142 g/mol. The van der Waals surface area contributed by atoms with E-state index in [0.29, 0.717) is 12.5 Å². The number of hydrogen-bond acceptors (Lipinski definition) is 2. The van der Waals surface area contributed by atoms with Crippen molar-refractivity contribution in [3.05, 3.63) is 0 Å². The lowest BCUT2D eigenvalue weighted by Gasteiger charge is -1.93. The van der Waals surface area contributed by atoms with Crippen LogP contribution in [0.4, 0.5) is 0 Å². The second kappa shape index (κ2) is 2.70. The van der Waals surface area contributed by atoms with Crippen molar-refractivity contribution < 1.29 is 9.53 Å². The van der Waals surface area contributed by atoms with E-state index in [2.05, 4.69) is 13.8 Å². The molecule has 0 saturated carbocycles. The molecular formula is C8H14O2. The van der Waals surface area contributed by atoms with Crippen LogP contribution in [0.25, 0.3) is 0 Å². The zero-order valence-electron chi connectivity index (χ0n) is 6.59. The Morgan fingerprint density at radius 1 is 1.60 bits per heavy atom. The predicted octanol–water partition coefficient (Wildman–Crippen LogP) is 1.53. The number of carbonyl (C=O) groups excluding carboxylic acids is 1. The van der Waals surface area contributed by atoms with Crippen LogP contribution in [-0.2, 0) is 9.53 Å². The zero-order valence-corrected chi connectivity index (χ0v) is 6.59. The maximum atomic E-state index is 9.93. The van der Waals surface area contributed by atoms with E-state index in [1.54, 1.807) is 0 Å². The summed E-state index contributed by atoms with van der Waals surface area (Å²) in [4.78, 5) is 9.93.